The molecule has 1 rings (SSSR count). The molecule has 0 aromatic heterocycles. The van der Waals surface area contributed by atoms with Gasteiger partial charge < -0.3 is 5.32 Å². The van der Waals surface area contributed by atoms with Crippen molar-refractivity contribution in [2.45, 2.75) is 59.3 Å². The van der Waals surface area contributed by atoms with Crippen LogP contribution in [0.25, 0.3) is 0 Å². The largest absolute Gasteiger partial charge is 0.316 e. The maximum absolute atomic E-state index is 11.8. The van der Waals surface area contributed by atoms with Crippen molar-refractivity contribution < 1.29 is 8.42 Å². The van der Waals surface area contributed by atoms with Crippen molar-refractivity contribution in [1.82, 2.24) is 9.62 Å². The molecule has 1 N–H and O–H groups in total. The molecular weight excluding hydrogens is 284 g/mol. The highest BCUT2D eigenvalue weighted by molar-refractivity contribution is 7.88. The molecule has 1 fully saturated rings. The first-order valence-electron chi connectivity index (χ1n) is 8.52. The van der Waals surface area contributed by atoms with Crippen LogP contribution < -0.4 is 5.32 Å². The normalized spacial score (nSPS) is 21.6. The lowest BCUT2D eigenvalue weighted by atomic mass is 9.73. The van der Waals surface area contributed by atoms with Gasteiger partial charge in [-0.15, -0.1) is 0 Å². The van der Waals surface area contributed by atoms with Crippen molar-refractivity contribution >= 4 is 10.0 Å². The standard InChI is InChI=1S/C16H34N2O2S/c1-5-10-17-14-16(6-2,7-3)12-15-9-8-11-18(13-15)21(4,19)20/h15,17H,5-14H2,1-4H3. The van der Waals surface area contributed by atoms with Crippen LogP contribution in [-0.2, 0) is 10.0 Å². The van der Waals surface area contributed by atoms with E-state index in [4.69, 9.17) is 0 Å². The Labute approximate surface area is 131 Å². The molecule has 0 amide bonds. The molecule has 4 nitrogen and oxygen atoms in total. The van der Waals surface area contributed by atoms with E-state index in [0.29, 0.717) is 24.4 Å². The molecule has 0 radical (unpaired) electrons. The molecule has 0 bridgehead atoms. The van der Waals surface area contributed by atoms with E-state index in [1.807, 2.05) is 0 Å². The number of sulfonamides is 1. The second-order valence-corrected chi connectivity index (χ2v) is 8.70. The topological polar surface area (TPSA) is 49.4 Å². The third-order valence-electron chi connectivity index (χ3n) is 5.10. The molecule has 1 saturated heterocycles. The Morgan fingerprint density at radius 2 is 1.90 bits per heavy atom. The van der Waals surface area contributed by atoms with E-state index >= 15 is 0 Å². The van der Waals surface area contributed by atoms with Gasteiger partial charge in [-0.2, -0.15) is 0 Å². The van der Waals surface area contributed by atoms with Crippen molar-refractivity contribution in [3.8, 4) is 0 Å². The molecule has 5 heteroatoms. The number of rotatable bonds is 9. The molecule has 1 atom stereocenters. The van der Waals surface area contributed by atoms with Crippen LogP contribution in [0.1, 0.15) is 59.3 Å². The van der Waals surface area contributed by atoms with Crippen molar-refractivity contribution in [2.24, 2.45) is 11.3 Å². The molecule has 1 aliphatic rings. The van der Waals surface area contributed by atoms with E-state index in [1.165, 1.54) is 12.7 Å². The quantitative estimate of drug-likeness (QED) is 0.665. The smallest absolute Gasteiger partial charge is 0.211 e. The maximum Gasteiger partial charge on any atom is 0.211 e. The summed E-state index contributed by atoms with van der Waals surface area (Å²) in [6.07, 6.45) is 8.14. The fourth-order valence-corrected chi connectivity index (χ4v) is 4.44. The summed E-state index contributed by atoms with van der Waals surface area (Å²) in [7, 11) is -3.03. The summed E-state index contributed by atoms with van der Waals surface area (Å²) in [4.78, 5) is 0. The summed E-state index contributed by atoms with van der Waals surface area (Å²) in [5, 5.41) is 3.58. The molecule has 1 unspecified atom stereocenters. The minimum absolute atomic E-state index is 0.320. The molecular formula is C16H34N2O2S. The Kier molecular flexibility index (Phi) is 7.65. The first-order chi connectivity index (χ1) is 9.87. The maximum atomic E-state index is 11.8. The fraction of sp³-hybridized carbons (Fsp3) is 1.00. The molecule has 126 valence electrons. The van der Waals surface area contributed by atoms with E-state index in [2.05, 4.69) is 26.1 Å². The highest BCUT2D eigenvalue weighted by Gasteiger charge is 2.33. The van der Waals surface area contributed by atoms with Crippen LogP contribution in [0.15, 0.2) is 0 Å². The number of hydrogen-bond acceptors (Lipinski definition) is 3. The summed E-state index contributed by atoms with van der Waals surface area (Å²) in [6.45, 7) is 10.3. The van der Waals surface area contributed by atoms with Gasteiger partial charge in [0.25, 0.3) is 0 Å². The molecule has 1 aliphatic heterocycles. The molecule has 0 aliphatic carbocycles. The highest BCUT2D eigenvalue weighted by atomic mass is 32.2. The van der Waals surface area contributed by atoms with Crippen LogP contribution in [-0.4, -0.2) is 45.2 Å². The summed E-state index contributed by atoms with van der Waals surface area (Å²) in [6, 6.07) is 0. The minimum atomic E-state index is -3.03. The fourth-order valence-electron chi connectivity index (χ4n) is 3.50. The predicted octanol–water partition coefficient (Wildman–Crippen LogP) is 2.85. The summed E-state index contributed by atoms with van der Waals surface area (Å²) in [5.41, 5.74) is 0.320. The lowest BCUT2D eigenvalue weighted by molar-refractivity contribution is 0.147. The highest BCUT2D eigenvalue weighted by Crippen LogP contribution is 2.36. The van der Waals surface area contributed by atoms with Gasteiger partial charge in [0.15, 0.2) is 0 Å². The van der Waals surface area contributed by atoms with Crippen LogP contribution in [0.2, 0.25) is 0 Å². The Morgan fingerprint density at radius 1 is 1.24 bits per heavy atom. The van der Waals surface area contributed by atoms with Gasteiger partial charge in [-0.25, -0.2) is 12.7 Å². The number of nitrogens with one attached hydrogen (secondary N) is 1. The van der Waals surface area contributed by atoms with Gasteiger partial charge in [0.1, 0.15) is 0 Å². The average Bonchev–Trinajstić information content (AvgIpc) is 2.46. The van der Waals surface area contributed by atoms with Gasteiger partial charge in [0, 0.05) is 19.6 Å². The van der Waals surface area contributed by atoms with Crippen LogP contribution in [0.3, 0.4) is 0 Å². The Hall–Kier alpha value is -0.130. The molecule has 0 aromatic rings. The van der Waals surface area contributed by atoms with Gasteiger partial charge in [0.05, 0.1) is 6.26 Å². The van der Waals surface area contributed by atoms with Crippen molar-refractivity contribution in [3.63, 3.8) is 0 Å². The van der Waals surface area contributed by atoms with E-state index in [-0.39, 0.29) is 0 Å². The zero-order chi connectivity index (χ0) is 15.9. The second-order valence-electron chi connectivity index (χ2n) is 6.72. The first kappa shape index (κ1) is 18.9. The van der Waals surface area contributed by atoms with E-state index < -0.39 is 10.0 Å². The van der Waals surface area contributed by atoms with E-state index in [0.717, 1.165) is 45.2 Å². The lowest BCUT2D eigenvalue weighted by Gasteiger charge is -2.39. The lowest BCUT2D eigenvalue weighted by Crippen LogP contribution is -2.43. The first-order valence-corrected chi connectivity index (χ1v) is 10.4. The van der Waals surface area contributed by atoms with Crippen LogP contribution in [0.4, 0.5) is 0 Å². The van der Waals surface area contributed by atoms with Crippen LogP contribution in [0, 0.1) is 11.3 Å². The van der Waals surface area contributed by atoms with Gasteiger partial charge >= 0.3 is 0 Å². The third kappa shape index (κ3) is 5.87. The van der Waals surface area contributed by atoms with Gasteiger partial charge in [-0.3, -0.25) is 0 Å². The summed E-state index contributed by atoms with van der Waals surface area (Å²) >= 11 is 0. The number of piperidine rings is 1. The predicted molar refractivity (Wildman–Crippen MR) is 89.9 cm³/mol. The summed E-state index contributed by atoms with van der Waals surface area (Å²) < 4.78 is 25.2. The molecule has 0 spiro atoms. The Bertz CT molecular complexity index is 391. The zero-order valence-electron chi connectivity index (χ0n) is 14.3. The van der Waals surface area contributed by atoms with Gasteiger partial charge in [-0.05, 0) is 56.4 Å². The monoisotopic (exact) mass is 318 g/mol. The van der Waals surface area contributed by atoms with Gasteiger partial charge in [0.2, 0.25) is 10.0 Å². The molecule has 0 aromatic carbocycles. The molecule has 21 heavy (non-hydrogen) atoms. The average molecular weight is 319 g/mol. The van der Waals surface area contributed by atoms with Crippen LogP contribution >= 0.6 is 0 Å². The van der Waals surface area contributed by atoms with E-state index in [9.17, 15) is 8.42 Å². The van der Waals surface area contributed by atoms with Crippen molar-refractivity contribution in [2.75, 3.05) is 32.4 Å². The van der Waals surface area contributed by atoms with Gasteiger partial charge in [-0.1, -0.05) is 20.8 Å². The van der Waals surface area contributed by atoms with E-state index in [1.54, 1.807) is 4.31 Å². The molecule has 1 heterocycles. The number of hydrogen-bond donors (Lipinski definition) is 1. The minimum Gasteiger partial charge on any atom is -0.316 e. The second kappa shape index (κ2) is 8.49. The summed E-state index contributed by atoms with van der Waals surface area (Å²) in [5.74, 6) is 0.511. The number of nitrogens with zero attached hydrogens (tertiary/aromatic N) is 1. The Balaban J connectivity index is 2.65. The van der Waals surface area contributed by atoms with Crippen molar-refractivity contribution in [1.29, 1.82) is 0 Å². The van der Waals surface area contributed by atoms with Crippen LogP contribution in [0.5, 0.6) is 0 Å². The molecule has 0 saturated carbocycles. The Morgan fingerprint density at radius 3 is 2.43 bits per heavy atom. The third-order valence-corrected chi connectivity index (χ3v) is 6.37. The SMILES string of the molecule is CCCNCC(CC)(CC)CC1CCCN(S(C)(=O)=O)C1. The van der Waals surface area contributed by atoms with Crippen molar-refractivity contribution in [3.05, 3.63) is 0 Å². The zero-order valence-corrected chi connectivity index (χ0v) is 15.1.